The second-order valence-corrected chi connectivity index (χ2v) is 21.0. The number of rotatable bonds is 50. The Morgan fingerprint density at radius 3 is 0.683 bits per heavy atom. The van der Waals surface area contributed by atoms with Crippen molar-refractivity contribution in [2.45, 2.75) is 317 Å². The average Bonchev–Trinajstić information content (AvgIpc) is 3.24. The predicted octanol–water partition coefficient (Wildman–Crippen LogP) is 18.3. The third-order valence-electron chi connectivity index (χ3n) is 12.9. The van der Waals surface area contributed by atoms with E-state index in [0.717, 1.165) is 75.5 Å². The normalized spacial score (nSPS) is 12.1. The first-order valence-corrected chi connectivity index (χ1v) is 28.1. The molecule has 63 heavy (non-hydrogen) atoms. The molecule has 1 atom stereocenters. The highest BCUT2D eigenvalue weighted by molar-refractivity contribution is 5.71. The Balaban J connectivity index is 4.28. The standard InChI is InChI=1S/C57H110O6/c1-51(2)43-37-31-25-19-14-10-8-7-9-11-16-22-28-34-40-46-55(58)61-49-54(50-62-56(59)47-41-35-29-24-18-21-27-33-39-45-53(5)6)63-57(60)48-42-36-30-23-17-13-12-15-20-26-32-38-44-52(3)4/h51-54H,7-50H2,1-6H3/t54-/m1/s1. The van der Waals surface area contributed by atoms with E-state index in [1.165, 1.54) is 193 Å². The van der Waals surface area contributed by atoms with E-state index >= 15 is 0 Å². The van der Waals surface area contributed by atoms with Gasteiger partial charge in [-0.25, -0.2) is 0 Å². The Morgan fingerprint density at radius 1 is 0.270 bits per heavy atom. The number of hydrogen-bond donors (Lipinski definition) is 0. The van der Waals surface area contributed by atoms with Crippen LogP contribution in [-0.4, -0.2) is 37.2 Å². The molecule has 0 aliphatic heterocycles. The van der Waals surface area contributed by atoms with Gasteiger partial charge in [0.05, 0.1) is 0 Å². The van der Waals surface area contributed by atoms with E-state index in [2.05, 4.69) is 41.5 Å². The van der Waals surface area contributed by atoms with Gasteiger partial charge in [0, 0.05) is 19.3 Å². The van der Waals surface area contributed by atoms with E-state index in [-0.39, 0.29) is 31.1 Å². The maximum absolute atomic E-state index is 12.8. The van der Waals surface area contributed by atoms with E-state index in [1.54, 1.807) is 0 Å². The molecule has 0 rings (SSSR count). The van der Waals surface area contributed by atoms with E-state index < -0.39 is 6.10 Å². The monoisotopic (exact) mass is 891 g/mol. The third-order valence-corrected chi connectivity index (χ3v) is 12.9. The van der Waals surface area contributed by atoms with Gasteiger partial charge >= 0.3 is 17.9 Å². The Hall–Kier alpha value is -1.59. The number of unbranched alkanes of at least 4 members (excludes halogenated alkanes) is 33. The van der Waals surface area contributed by atoms with Crippen LogP contribution in [0.15, 0.2) is 0 Å². The maximum atomic E-state index is 12.8. The smallest absolute Gasteiger partial charge is 0.306 e. The molecule has 374 valence electrons. The lowest BCUT2D eigenvalue weighted by atomic mass is 10.0. The minimum atomic E-state index is -0.763. The van der Waals surface area contributed by atoms with Crippen molar-refractivity contribution in [2.75, 3.05) is 13.2 Å². The fraction of sp³-hybridized carbons (Fsp3) is 0.947. The first-order valence-electron chi connectivity index (χ1n) is 28.1. The Bertz CT molecular complexity index is 976. The van der Waals surface area contributed by atoms with Gasteiger partial charge < -0.3 is 14.2 Å². The van der Waals surface area contributed by atoms with Crippen LogP contribution in [0.3, 0.4) is 0 Å². The number of carbonyl (C=O) groups is 3. The second kappa shape index (κ2) is 48.3. The molecule has 0 aliphatic rings. The fourth-order valence-corrected chi connectivity index (χ4v) is 8.65. The van der Waals surface area contributed by atoms with Crippen LogP contribution < -0.4 is 0 Å². The van der Waals surface area contributed by atoms with Crippen LogP contribution in [0.1, 0.15) is 311 Å². The van der Waals surface area contributed by atoms with E-state index in [4.69, 9.17) is 14.2 Å². The lowest BCUT2D eigenvalue weighted by Gasteiger charge is -2.18. The zero-order chi connectivity index (χ0) is 46.3. The van der Waals surface area contributed by atoms with Crippen LogP contribution in [-0.2, 0) is 28.6 Å². The molecule has 6 nitrogen and oxygen atoms in total. The summed E-state index contributed by atoms with van der Waals surface area (Å²) in [6.45, 7) is 13.7. The molecule has 0 aromatic rings. The summed E-state index contributed by atoms with van der Waals surface area (Å²) in [5.74, 6) is 1.64. The maximum Gasteiger partial charge on any atom is 0.306 e. The van der Waals surface area contributed by atoms with Gasteiger partial charge in [-0.2, -0.15) is 0 Å². The molecule has 0 aromatic heterocycles. The molecule has 0 aromatic carbocycles. The Morgan fingerprint density at radius 2 is 0.460 bits per heavy atom. The summed E-state index contributed by atoms with van der Waals surface area (Å²) in [6, 6.07) is 0. The summed E-state index contributed by atoms with van der Waals surface area (Å²) >= 11 is 0. The van der Waals surface area contributed by atoms with Crippen LogP contribution in [0.25, 0.3) is 0 Å². The van der Waals surface area contributed by atoms with Crippen LogP contribution in [0.4, 0.5) is 0 Å². The van der Waals surface area contributed by atoms with Crippen molar-refractivity contribution >= 4 is 17.9 Å². The summed E-state index contributed by atoms with van der Waals surface area (Å²) in [4.78, 5) is 38.1. The van der Waals surface area contributed by atoms with Crippen molar-refractivity contribution in [1.82, 2.24) is 0 Å². The Kier molecular flexibility index (Phi) is 47.1. The minimum Gasteiger partial charge on any atom is -0.462 e. The number of hydrogen-bond acceptors (Lipinski definition) is 6. The molecular formula is C57H110O6. The molecule has 0 saturated carbocycles. The first kappa shape index (κ1) is 61.4. The SMILES string of the molecule is CC(C)CCCCCCCCCCCCCCCCCC(=O)OC[C@H](COC(=O)CCCCCCCCCCCC(C)C)OC(=O)CCCCCCCCCCCCCCC(C)C. The summed E-state index contributed by atoms with van der Waals surface area (Å²) in [5, 5.41) is 0. The molecule has 0 radical (unpaired) electrons. The van der Waals surface area contributed by atoms with Gasteiger partial charge in [-0.1, -0.05) is 273 Å². The molecule has 0 bridgehead atoms. The van der Waals surface area contributed by atoms with E-state index in [1.807, 2.05) is 0 Å². The van der Waals surface area contributed by atoms with Crippen LogP contribution in [0.5, 0.6) is 0 Å². The first-order chi connectivity index (χ1) is 30.6. The van der Waals surface area contributed by atoms with Crippen molar-refractivity contribution in [3.63, 3.8) is 0 Å². The van der Waals surface area contributed by atoms with Crippen molar-refractivity contribution in [1.29, 1.82) is 0 Å². The number of ether oxygens (including phenoxy) is 3. The van der Waals surface area contributed by atoms with Gasteiger partial charge in [0.25, 0.3) is 0 Å². The highest BCUT2D eigenvalue weighted by Crippen LogP contribution is 2.18. The molecular weight excluding hydrogens is 781 g/mol. The molecule has 0 fully saturated rings. The highest BCUT2D eigenvalue weighted by atomic mass is 16.6. The zero-order valence-electron chi connectivity index (χ0n) is 43.4. The quantitative estimate of drug-likeness (QED) is 0.0344. The van der Waals surface area contributed by atoms with Crippen LogP contribution in [0, 0.1) is 17.8 Å². The van der Waals surface area contributed by atoms with Gasteiger partial charge in [-0.3, -0.25) is 14.4 Å². The Labute approximate surface area is 393 Å². The molecule has 0 N–H and O–H groups in total. The molecule has 0 saturated heterocycles. The summed E-state index contributed by atoms with van der Waals surface area (Å²) < 4.78 is 16.9. The van der Waals surface area contributed by atoms with Gasteiger partial charge in [-0.15, -0.1) is 0 Å². The van der Waals surface area contributed by atoms with Crippen molar-refractivity contribution in [2.24, 2.45) is 17.8 Å². The topological polar surface area (TPSA) is 78.9 Å². The molecule has 0 aliphatic carbocycles. The average molecular weight is 892 g/mol. The van der Waals surface area contributed by atoms with Crippen molar-refractivity contribution < 1.29 is 28.6 Å². The van der Waals surface area contributed by atoms with Crippen molar-refractivity contribution in [3.05, 3.63) is 0 Å². The largest absolute Gasteiger partial charge is 0.462 e. The zero-order valence-corrected chi connectivity index (χ0v) is 43.4. The van der Waals surface area contributed by atoms with Crippen LogP contribution >= 0.6 is 0 Å². The number of esters is 3. The summed E-state index contributed by atoms with van der Waals surface area (Å²) in [6.07, 6.45) is 49.5. The molecule has 0 heterocycles. The third kappa shape index (κ3) is 51.3. The van der Waals surface area contributed by atoms with Gasteiger partial charge in [0.15, 0.2) is 6.10 Å². The fourth-order valence-electron chi connectivity index (χ4n) is 8.65. The lowest BCUT2D eigenvalue weighted by molar-refractivity contribution is -0.167. The minimum absolute atomic E-state index is 0.0639. The number of carbonyl (C=O) groups excluding carboxylic acids is 3. The van der Waals surface area contributed by atoms with Crippen molar-refractivity contribution in [3.8, 4) is 0 Å². The summed E-state index contributed by atoms with van der Waals surface area (Å²) in [5.41, 5.74) is 0. The second-order valence-electron chi connectivity index (χ2n) is 21.0. The van der Waals surface area contributed by atoms with Gasteiger partial charge in [0.2, 0.25) is 0 Å². The lowest BCUT2D eigenvalue weighted by Crippen LogP contribution is -2.30. The highest BCUT2D eigenvalue weighted by Gasteiger charge is 2.19. The molecule has 0 unspecified atom stereocenters. The predicted molar refractivity (Wildman–Crippen MR) is 270 cm³/mol. The van der Waals surface area contributed by atoms with Gasteiger partial charge in [0.1, 0.15) is 13.2 Å². The molecule has 6 heteroatoms. The molecule has 0 amide bonds. The molecule has 0 spiro atoms. The van der Waals surface area contributed by atoms with E-state index in [0.29, 0.717) is 19.3 Å². The van der Waals surface area contributed by atoms with Crippen LogP contribution in [0.2, 0.25) is 0 Å². The van der Waals surface area contributed by atoms with Gasteiger partial charge in [-0.05, 0) is 37.0 Å². The summed E-state index contributed by atoms with van der Waals surface area (Å²) in [7, 11) is 0. The van der Waals surface area contributed by atoms with E-state index in [9.17, 15) is 14.4 Å².